The fourth-order valence-corrected chi connectivity index (χ4v) is 4.49. The maximum atomic E-state index is 12.3. The van der Waals surface area contributed by atoms with E-state index in [1.54, 1.807) is 26.1 Å². The van der Waals surface area contributed by atoms with Crippen molar-refractivity contribution < 1.29 is 14.3 Å². The van der Waals surface area contributed by atoms with E-state index in [-0.39, 0.29) is 12.0 Å². The first-order valence-electron chi connectivity index (χ1n) is 11.1. The number of carbonyl (C=O) groups excluding carboxylic acids is 1. The highest BCUT2D eigenvalue weighted by atomic mass is 16.5. The summed E-state index contributed by atoms with van der Waals surface area (Å²) in [6.45, 7) is 5.93. The van der Waals surface area contributed by atoms with Crippen LogP contribution in [-0.4, -0.2) is 76.2 Å². The minimum Gasteiger partial charge on any atom is -0.497 e. The van der Waals surface area contributed by atoms with E-state index in [4.69, 9.17) is 9.47 Å². The van der Waals surface area contributed by atoms with Gasteiger partial charge in [0.1, 0.15) is 5.75 Å². The minimum absolute atomic E-state index is 0.0561. The summed E-state index contributed by atoms with van der Waals surface area (Å²) in [5, 5.41) is 0. The van der Waals surface area contributed by atoms with E-state index < -0.39 is 0 Å². The van der Waals surface area contributed by atoms with E-state index in [0.29, 0.717) is 0 Å². The molecule has 0 radical (unpaired) electrons. The number of hydrogen-bond acceptors (Lipinski definition) is 5. The van der Waals surface area contributed by atoms with Gasteiger partial charge in [0.25, 0.3) is 5.91 Å². The van der Waals surface area contributed by atoms with Crippen LogP contribution in [0, 0.1) is 0 Å². The Balaban J connectivity index is 1.31. The maximum absolute atomic E-state index is 12.3. The number of carbonyl (C=O) groups is 1. The number of ether oxygens (including phenoxy) is 2. The fraction of sp³-hybridized carbons (Fsp3) is 0.480. The van der Waals surface area contributed by atoms with Gasteiger partial charge in [-0.05, 0) is 60.4 Å². The second-order valence-corrected chi connectivity index (χ2v) is 8.54. The molecule has 2 aromatic carbocycles. The first-order chi connectivity index (χ1) is 15.0. The normalized spacial score (nSPS) is 19.1. The van der Waals surface area contributed by atoms with Gasteiger partial charge in [0, 0.05) is 58.1 Å². The molecule has 0 aromatic heterocycles. The van der Waals surface area contributed by atoms with Gasteiger partial charge < -0.3 is 19.3 Å². The smallest absolute Gasteiger partial charge is 0.253 e. The molecule has 1 fully saturated rings. The lowest BCUT2D eigenvalue weighted by molar-refractivity contribution is 0.0288. The zero-order chi connectivity index (χ0) is 21.8. The van der Waals surface area contributed by atoms with E-state index in [1.807, 2.05) is 18.2 Å². The first kappa shape index (κ1) is 21.7. The van der Waals surface area contributed by atoms with E-state index in [1.165, 1.54) is 16.8 Å². The average Bonchev–Trinajstić information content (AvgIpc) is 2.82. The summed E-state index contributed by atoms with van der Waals surface area (Å²) < 4.78 is 11.4. The lowest BCUT2D eigenvalue weighted by atomic mass is 9.93. The van der Waals surface area contributed by atoms with E-state index in [0.717, 1.165) is 63.5 Å². The summed E-state index contributed by atoms with van der Waals surface area (Å²) in [6, 6.07) is 14.4. The van der Waals surface area contributed by atoms with Crippen molar-refractivity contribution in [2.45, 2.75) is 18.9 Å². The molecule has 2 heterocycles. The van der Waals surface area contributed by atoms with Gasteiger partial charge in [0.05, 0.1) is 19.8 Å². The molecule has 0 spiro atoms. The fourth-order valence-electron chi connectivity index (χ4n) is 4.49. The molecule has 166 valence electrons. The number of methoxy groups -OCH3 is 1. The summed E-state index contributed by atoms with van der Waals surface area (Å²) in [7, 11) is 5.29. The molecule has 4 rings (SSSR count). The number of anilines is 1. The van der Waals surface area contributed by atoms with Crippen LogP contribution in [-0.2, 0) is 11.2 Å². The van der Waals surface area contributed by atoms with Crippen molar-refractivity contribution >= 4 is 11.6 Å². The van der Waals surface area contributed by atoms with Gasteiger partial charge in [0.15, 0.2) is 0 Å². The van der Waals surface area contributed by atoms with Gasteiger partial charge in [-0.15, -0.1) is 0 Å². The van der Waals surface area contributed by atoms with Crippen molar-refractivity contribution in [2.75, 3.05) is 65.4 Å². The quantitative estimate of drug-likeness (QED) is 0.714. The summed E-state index contributed by atoms with van der Waals surface area (Å²) >= 11 is 0. The van der Waals surface area contributed by atoms with Crippen LogP contribution in [0.3, 0.4) is 0 Å². The zero-order valence-corrected chi connectivity index (χ0v) is 18.8. The Bertz CT molecular complexity index is 889. The Labute approximate surface area is 185 Å². The monoisotopic (exact) mass is 423 g/mol. The number of nitrogens with zero attached hydrogens (tertiary/aromatic N) is 3. The Morgan fingerprint density at radius 2 is 1.84 bits per heavy atom. The molecule has 2 aromatic rings. The van der Waals surface area contributed by atoms with Crippen LogP contribution >= 0.6 is 0 Å². The number of rotatable bonds is 6. The Morgan fingerprint density at radius 3 is 2.52 bits per heavy atom. The Kier molecular flexibility index (Phi) is 6.78. The predicted octanol–water partition coefficient (Wildman–Crippen LogP) is 3.22. The molecule has 2 aliphatic rings. The van der Waals surface area contributed by atoms with E-state index in [2.05, 4.69) is 34.1 Å². The third-order valence-corrected chi connectivity index (χ3v) is 6.35. The maximum Gasteiger partial charge on any atom is 0.253 e. The van der Waals surface area contributed by atoms with Crippen molar-refractivity contribution in [2.24, 2.45) is 0 Å². The van der Waals surface area contributed by atoms with Crippen LogP contribution in [0.4, 0.5) is 5.69 Å². The van der Waals surface area contributed by atoms with Crippen molar-refractivity contribution in [3.8, 4) is 5.75 Å². The first-order valence-corrected chi connectivity index (χ1v) is 11.1. The number of benzene rings is 2. The molecule has 0 saturated carbocycles. The topological polar surface area (TPSA) is 45.3 Å². The number of fused-ring (bicyclic) bond motifs is 1. The standard InChI is InChI=1S/C25H33N3O3/c1-26(2)25(29)20-4-9-23-19(18-20)11-17-31-24(23)10-12-27-13-15-28(16-14-27)21-5-7-22(30-3)8-6-21/h4-9,18,24H,10-17H2,1-3H3. The van der Waals surface area contributed by atoms with Gasteiger partial charge in [-0.25, -0.2) is 0 Å². The zero-order valence-electron chi connectivity index (χ0n) is 18.8. The van der Waals surface area contributed by atoms with Crippen LogP contribution in [0.5, 0.6) is 5.75 Å². The van der Waals surface area contributed by atoms with Gasteiger partial charge in [0.2, 0.25) is 0 Å². The van der Waals surface area contributed by atoms with E-state index >= 15 is 0 Å². The molecule has 6 heteroatoms. The molecule has 1 saturated heterocycles. The summed E-state index contributed by atoms with van der Waals surface area (Å²) in [5.41, 5.74) is 4.53. The molecular weight excluding hydrogens is 390 g/mol. The van der Waals surface area contributed by atoms with Crippen molar-refractivity contribution in [1.82, 2.24) is 9.80 Å². The highest BCUT2D eigenvalue weighted by molar-refractivity contribution is 5.94. The molecule has 1 amide bonds. The molecule has 31 heavy (non-hydrogen) atoms. The van der Waals surface area contributed by atoms with Crippen LogP contribution in [0.15, 0.2) is 42.5 Å². The second-order valence-electron chi connectivity index (χ2n) is 8.54. The molecule has 0 aliphatic carbocycles. The molecule has 0 N–H and O–H groups in total. The van der Waals surface area contributed by atoms with Crippen LogP contribution < -0.4 is 9.64 Å². The number of amides is 1. The third-order valence-electron chi connectivity index (χ3n) is 6.35. The van der Waals surface area contributed by atoms with Gasteiger partial charge in [-0.1, -0.05) is 6.07 Å². The number of piperazine rings is 1. The Morgan fingerprint density at radius 1 is 1.10 bits per heavy atom. The summed E-state index contributed by atoms with van der Waals surface area (Å²) in [6.07, 6.45) is 1.98. The van der Waals surface area contributed by atoms with Crippen molar-refractivity contribution in [3.63, 3.8) is 0 Å². The third kappa shape index (κ3) is 5.02. The molecule has 6 nitrogen and oxygen atoms in total. The summed E-state index contributed by atoms with van der Waals surface area (Å²) in [4.78, 5) is 18.9. The van der Waals surface area contributed by atoms with Gasteiger partial charge in [-0.2, -0.15) is 0 Å². The molecule has 1 atom stereocenters. The molecule has 2 aliphatic heterocycles. The highest BCUT2D eigenvalue weighted by Crippen LogP contribution is 2.31. The number of hydrogen-bond donors (Lipinski definition) is 0. The van der Waals surface area contributed by atoms with Crippen LogP contribution in [0.2, 0.25) is 0 Å². The van der Waals surface area contributed by atoms with Gasteiger partial charge >= 0.3 is 0 Å². The predicted molar refractivity (Wildman–Crippen MR) is 123 cm³/mol. The van der Waals surface area contributed by atoms with E-state index in [9.17, 15) is 4.79 Å². The van der Waals surface area contributed by atoms with Crippen LogP contribution in [0.1, 0.15) is 34.0 Å². The van der Waals surface area contributed by atoms with Gasteiger partial charge in [-0.3, -0.25) is 9.69 Å². The average molecular weight is 424 g/mol. The SMILES string of the molecule is COc1ccc(N2CCN(CCC3OCCc4cc(C(=O)N(C)C)ccc43)CC2)cc1. The molecule has 0 bridgehead atoms. The summed E-state index contributed by atoms with van der Waals surface area (Å²) in [5.74, 6) is 0.953. The lowest BCUT2D eigenvalue weighted by Gasteiger charge is -2.37. The lowest BCUT2D eigenvalue weighted by Crippen LogP contribution is -2.46. The highest BCUT2D eigenvalue weighted by Gasteiger charge is 2.24. The second kappa shape index (κ2) is 9.71. The molecular formula is C25H33N3O3. The molecule has 1 unspecified atom stereocenters. The van der Waals surface area contributed by atoms with Crippen molar-refractivity contribution in [3.05, 3.63) is 59.2 Å². The largest absolute Gasteiger partial charge is 0.497 e. The van der Waals surface area contributed by atoms with Crippen molar-refractivity contribution in [1.29, 1.82) is 0 Å². The minimum atomic E-state index is 0.0561. The Hall–Kier alpha value is -2.57. The van der Waals surface area contributed by atoms with Crippen LogP contribution in [0.25, 0.3) is 0 Å².